The molecule has 0 bridgehead atoms. The summed E-state index contributed by atoms with van der Waals surface area (Å²) in [5.41, 5.74) is 4.93. The van der Waals surface area contributed by atoms with E-state index < -0.39 is 0 Å². The highest BCUT2D eigenvalue weighted by molar-refractivity contribution is 5.44. The number of pyridine rings is 1. The van der Waals surface area contributed by atoms with Gasteiger partial charge in [-0.3, -0.25) is 4.98 Å². The molecule has 102 valence electrons. The Morgan fingerprint density at radius 3 is 2.80 bits per heavy atom. The zero-order chi connectivity index (χ0) is 14.1. The van der Waals surface area contributed by atoms with Gasteiger partial charge in [0.05, 0.1) is 23.6 Å². The summed E-state index contributed by atoms with van der Waals surface area (Å²) in [5.74, 6) is 0.818. The van der Waals surface area contributed by atoms with E-state index in [2.05, 4.69) is 43.9 Å². The predicted molar refractivity (Wildman–Crippen MR) is 78.8 cm³/mol. The first-order valence-corrected chi connectivity index (χ1v) is 6.61. The molecular weight excluding hydrogens is 250 g/mol. The van der Waals surface area contributed by atoms with Gasteiger partial charge in [0.15, 0.2) is 0 Å². The van der Waals surface area contributed by atoms with E-state index in [0.29, 0.717) is 6.54 Å². The lowest BCUT2D eigenvalue weighted by molar-refractivity contribution is 0.999. The van der Waals surface area contributed by atoms with E-state index in [1.807, 2.05) is 26.0 Å². The van der Waals surface area contributed by atoms with Crippen LogP contribution in [0.2, 0.25) is 0 Å². The van der Waals surface area contributed by atoms with Gasteiger partial charge in [0, 0.05) is 18.1 Å². The molecule has 0 aliphatic rings. The lowest BCUT2D eigenvalue weighted by Crippen LogP contribution is -2.05. The Morgan fingerprint density at radius 1 is 1.15 bits per heavy atom. The molecule has 3 heterocycles. The van der Waals surface area contributed by atoms with Gasteiger partial charge in [-0.1, -0.05) is 6.07 Å². The van der Waals surface area contributed by atoms with Crippen LogP contribution in [0.1, 0.15) is 22.8 Å². The van der Waals surface area contributed by atoms with Gasteiger partial charge in [0.2, 0.25) is 0 Å². The minimum atomic E-state index is 0.639. The molecule has 0 amide bonds. The molecule has 3 aromatic heterocycles. The van der Waals surface area contributed by atoms with Gasteiger partial charge < -0.3 is 9.72 Å². The number of hydrogen-bond donors (Lipinski definition) is 1. The SMILES string of the molecule is Cc1cnc(C)c(NCc2cn3c(C)cccc3n2)n1. The van der Waals surface area contributed by atoms with Crippen LogP contribution in [0.4, 0.5) is 5.82 Å². The highest BCUT2D eigenvalue weighted by Crippen LogP contribution is 2.12. The van der Waals surface area contributed by atoms with E-state index >= 15 is 0 Å². The van der Waals surface area contributed by atoms with Crippen molar-refractivity contribution in [3.05, 3.63) is 53.4 Å². The van der Waals surface area contributed by atoms with E-state index in [1.54, 1.807) is 6.20 Å². The first-order valence-electron chi connectivity index (χ1n) is 6.61. The van der Waals surface area contributed by atoms with Crippen LogP contribution in [0.5, 0.6) is 0 Å². The predicted octanol–water partition coefficient (Wildman–Crippen LogP) is 2.66. The van der Waals surface area contributed by atoms with Gasteiger partial charge in [0.1, 0.15) is 11.5 Å². The lowest BCUT2D eigenvalue weighted by atomic mass is 10.4. The molecule has 3 aromatic rings. The normalized spacial score (nSPS) is 10.9. The molecule has 0 spiro atoms. The van der Waals surface area contributed by atoms with Gasteiger partial charge in [0.25, 0.3) is 0 Å². The molecule has 0 radical (unpaired) electrons. The molecule has 0 aliphatic carbocycles. The summed E-state index contributed by atoms with van der Waals surface area (Å²) in [6.07, 6.45) is 3.82. The van der Waals surface area contributed by atoms with Gasteiger partial charge in [-0.15, -0.1) is 0 Å². The molecule has 20 heavy (non-hydrogen) atoms. The van der Waals surface area contributed by atoms with Crippen LogP contribution in [0.25, 0.3) is 5.65 Å². The maximum atomic E-state index is 4.59. The average Bonchev–Trinajstić information content (AvgIpc) is 2.84. The number of aryl methyl sites for hydroxylation is 3. The van der Waals surface area contributed by atoms with Crippen molar-refractivity contribution in [2.45, 2.75) is 27.3 Å². The molecule has 0 aliphatic heterocycles. The molecule has 1 N–H and O–H groups in total. The van der Waals surface area contributed by atoms with Crippen LogP contribution in [0.3, 0.4) is 0 Å². The smallest absolute Gasteiger partial charge is 0.148 e. The summed E-state index contributed by atoms with van der Waals surface area (Å²) in [6.45, 7) is 6.59. The number of anilines is 1. The number of nitrogens with zero attached hydrogens (tertiary/aromatic N) is 4. The number of nitrogens with one attached hydrogen (secondary N) is 1. The Morgan fingerprint density at radius 2 is 2.00 bits per heavy atom. The summed E-state index contributed by atoms with van der Waals surface area (Å²) in [7, 11) is 0. The molecule has 0 saturated heterocycles. The second-order valence-corrected chi connectivity index (χ2v) is 4.93. The Hall–Kier alpha value is -2.43. The van der Waals surface area contributed by atoms with Crippen LogP contribution in [-0.4, -0.2) is 19.4 Å². The van der Waals surface area contributed by atoms with Crippen molar-refractivity contribution in [2.75, 3.05) is 5.32 Å². The second-order valence-electron chi connectivity index (χ2n) is 4.93. The fourth-order valence-corrected chi connectivity index (χ4v) is 2.16. The fourth-order valence-electron chi connectivity index (χ4n) is 2.16. The maximum absolute atomic E-state index is 4.59. The molecular formula is C15H17N5. The highest BCUT2D eigenvalue weighted by atomic mass is 15.1. The van der Waals surface area contributed by atoms with E-state index in [4.69, 9.17) is 0 Å². The minimum absolute atomic E-state index is 0.639. The lowest BCUT2D eigenvalue weighted by Gasteiger charge is -2.06. The Balaban J connectivity index is 1.83. The van der Waals surface area contributed by atoms with E-state index in [1.165, 1.54) is 5.69 Å². The minimum Gasteiger partial charge on any atom is -0.363 e. The van der Waals surface area contributed by atoms with Crippen molar-refractivity contribution in [1.29, 1.82) is 0 Å². The summed E-state index contributed by atoms with van der Waals surface area (Å²) < 4.78 is 2.09. The molecule has 0 saturated carbocycles. The molecule has 0 atom stereocenters. The maximum Gasteiger partial charge on any atom is 0.148 e. The van der Waals surface area contributed by atoms with Gasteiger partial charge in [-0.25, -0.2) is 9.97 Å². The molecule has 5 heteroatoms. The van der Waals surface area contributed by atoms with E-state index in [0.717, 1.165) is 28.5 Å². The van der Waals surface area contributed by atoms with Gasteiger partial charge in [-0.05, 0) is 32.9 Å². The van der Waals surface area contributed by atoms with Crippen molar-refractivity contribution in [3.63, 3.8) is 0 Å². The number of rotatable bonds is 3. The van der Waals surface area contributed by atoms with Crippen LogP contribution in [0.15, 0.2) is 30.6 Å². The standard InChI is InChI=1S/C15H17N5/c1-10-7-16-12(3)15(18-10)17-8-13-9-20-11(2)5-4-6-14(20)19-13/h4-7,9H,8H2,1-3H3,(H,17,18). The monoisotopic (exact) mass is 267 g/mol. The molecule has 0 aromatic carbocycles. The van der Waals surface area contributed by atoms with E-state index in [-0.39, 0.29) is 0 Å². The number of aromatic nitrogens is 4. The first-order chi connectivity index (χ1) is 9.63. The summed E-state index contributed by atoms with van der Waals surface area (Å²) >= 11 is 0. The quantitative estimate of drug-likeness (QED) is 0.792. The molecule has 0 unspecified atom stereocenters. The second kappa shape index (κ2) is 4.92. The largest absolute Gasteiger partial charge is 0.363 e. The van der Waals surface area contributed by atoms with Gasteiger partial charge >= 0.3 is 0 Å². The third-order valence-electron chi connectivity index (χ3n) is 3.26. The number of hydrogen-bond acceptors (Lipinski definition) is 4. The van der Waals surface area contributed by atoms with Crippen LogP contribution in [-0.2, 0) is 6.54 Å². The van der Waals surface area contributed by atoms with Crippen molar-refractivity contribution < 1.29 is 0 Å². The third-order valence-corrected chi connectivity index (χ3v) is 3.26. The van der Waals surface area contributed by atoms with Crippen LogP contribution in [0, 0.1) is 20.8 Å². The van der Waals surface area contributed by atoms with Crippen molar-refractivity contribution in [2.24, 2.45) is 0 Å². The average molecular weight is 267 g/mol. The Labute approximate surface area is 117 Å². The highest BCUT2D eigenvalue weighted by Gasteiger charge is 2.05. The number of imidazole rings is 1. The first kappa shape index (κ1) is 12.6. The number of fused-ring (bicyclic) bond motifs is 1. The Bertz CT molecular complexity index is 760. The molecule has 0 fully saturated rings. The third kappa shape index (κ3) is 2.34. The fraction of sp³-hybridized carbons (Fsp3) is 0.267. The zero-order valence-electron chi connectivity index (χ0n) is 11.9. The summed E-state index contributed by atoms with van der Waals surface area (Å²) in [6, 6.07) is 6.10. The van der Waals surface area contributed by atoms with Crippen LogP contribution >= 0.6 is 0 Å². The molecule has 5 nitrogen and oxygen atoms in total. The molecule has 3 rings (SSSR count). The zero-order valence-corrected chi connectivity index (χ0v) is 11.9. The van der Waals surface area contributed by atoms with E-state index in [9.17, 15) is 0 Å². The van der Waals surface area contributed by atoms with Crippen molar-refractivity contribution >= 4 is 11.5 Å². The van der Waals surface area contributed by atoms with Crippen LogP contribution < -0.4 is 5.32 Å². The topological polar surface area (TPSA) is 55.1 Å². The van der Waals surface area contributed by atoms with Gasteiger partial charge in [-0.2, -0.15) is 0 Å². The summed E-state index contributed by atoms with van der Waals surface area (Å²) in [5, 5.41) is 3.30. The van der Waals surface area contributed by atoms with Crippen molar-refractivity contribution in [3.8, 4) is 0 Å². The Kier molecular flexibility index (Phi) is 3.10. The van der Waals surface area contributed by atoms with Crippen molar-refractivity contribution in [1.82, 2.24) is 19.4 Å². The summed E-state index contributed by atoms with van der Waals surface area (Å²) in [4.78, 5) is 13.3.